The molecule has 1 aromatic heterocycles. The van der Waals surface area contributed by atoms with Crippen molar-refractivity contribution in [1.29, 1.82) is 0 Å². The molecule has 242 valence electrons. The number of rotatable bonds is 24. The van der Waals surface area contributed by atoms with E-state index in [9.17, 15) is 4.79 Å². The second-order valence-electron chi connectivity index (χ2n) is 13.7. The Kier molecular flexibility index (Phi) is 17.7. The maximum Gasteiger partial charge on any atom is 0.219 e. The summed E-state index contributed by atoms with van der Waals surface area (Å²) in [5.74, 6) is 0.541. The van der Waals surface area contributed by atoms with E-state index in [1.807, 2.05) is 20.0 Å². The summed E-state index contributed by atoms with van der Waals surface area (Å²) in [6, 6.07) is 0. The molecule has 2 rings (SSSR count). The van der Waals surface area contributed by atoms with Crippen molar-refractivity contribution in [3.63, 3.8) is 0 Å². The molecule has 0 spiro atoms. The number of unbranched alkanes of at least 4 members (excludes halogenated alkanes) is 14. The van der Waals surface area contributed by atoms with Gasteiger partial charge < -0.3 is 19.3 Å². The highest BCUT2D eigenvalue weighted by atomic mass is 16.7. The van der Waals surface area contributed by atoms with E-state index in [0.29, 0.717) is 13.0 Å². The predicted molar refractivity (Wildman–Crippen MR) is 176 cm³/mol. The lowest BCUT2D eigenvalue weighted by molar-refractivity contribution is -0.903. The minimum Gasteiger partial charge on any atom is -0.460 e. The third-order valence-corrected chi connectivity index (χ3v) is 8.82. The normalized spacial score (nSPS) is 16.7. The van der Waals surface area contributed by atoms with Gasteiger partial charge in [-0.3, -0.25) is 9.78 Å². The topological polar surface area (TPSA) is 60.5 Å². The SMILES string of the molecule is CCCCCCCCCCCCCCCCCC(=O)NCCC[N+](C)(C)Cc1cnc(C)c2c1COC(C)(CCC)O2. The summed E-state index contributed by atoms with van der Waals surface area (Å²) < 4.78 is 13.3. The fourth-order valence-electron chi connectivity index (χ4n) is 6.17. The first-order valence-electron chi connectivity index (χ1n) is 17.6. The van der Waals surface area contributed by atoms with Gasteiger partial charge >= 0.3 is 0 Å². The molecular formula is C36H66N3O3+. The standard InChI is InChI=1S/C36H65N3O3/c1-7-9-10-11-12-13-14-15-16-17-18-19-20-21-22-24-34(40)37-26-23-27-39(5,6)29-32-28-38-31(3)35-33(32)30-41-36(4,42-35)25-8-2/h28H,7-27,29-30H2,1-6H3/p+1. The first kappa shape index (κ1) is 36.5. The van der Waals surface area contributed by atoms with Crippen LogP contribution in [0.1, 0.15) is 160 Å². The number of hydrogen-bond donors (Lipinski definition) is 1. The van der Waals surface area contributed by atoms with Gasteiger partial charge in [-0.15, -0.1) is 0 Å². The van der Waals surface area contributed by atoms with Crippen molar-refractivity contribution >= 4 is 5.91 Å². The monoisotopic (exact) mass is 589 g/mol. The quantitative estimate of drug-likeness (QED) is 0.0966. The predicted octanol–water partition coefficient (Wildman–Crippen LogP) is 9.16. The molecule has 1 aliphatic rings. The lowest BCUT2D eigenvalue weighted by Crippen LogP contribution is -2.42. The van der Waals surface area contributed by atoms with E-state index < -0.39 is 5.79 Å². The fraction of sp³-hybridized carbons (Fsp3) is 0.833. The molecule has 0 aliphatic carbocycles. The third kappa shape index (κ3) is 14.7. The molecule has 2 heterocycles. The minimum absolute atomic E-state index is 0.205. The Morgan fingerprint density at radius 3 is 2.02 bits per heavy atom. The molecule has 0 fully saturated rings. The number of quaternary nitrogens is 1. The van der Waals surface area contributed by atoms with Crippen LogP contribution < -0.4 is 10.1 Å². The van der Waals surface area contributed by atoms with Crippen LogP contribution in [0.15, 0.2) is 6.20 Å². The zero-order valence-electron chi connectivity index (χ0n) is 28.5. The van der Waals surface area contributed by atoms with Gasteiger partial charge in [0.1, 0.15) is 12.3 Å². The molecule has 1 atom stereocenters. The molecule has 1 N–H and O–H groups in total. The van der Waals surface area contributed by atoms with Crippen molar-refractivity contribution in [2.45, 2.75) is 169 Å². The lowest BCUT2D eigenvalue weighted by atomic mass is 10.0. The molecule has 0 aromatic carbocycles. The van der Waals surface area contributed by atoms with Crippen LogP contribution in [0.3, 0.4) is 0 Å². The van der Waals surface area contributed by atoms with Crippen molar-refractivity contribution in [3.05, 3.63) is 23.0 Å². The van der Waals surface area contributed by atoms with Crippen LogP contribution in [0.25, 0.3) is 0 Å². The van der Waals surface area contributed by atoms with Crippen molar-refractivity contribution in [2.24, 2.45) is 0 Å². The van der Waals surface area contributed by atoms with Gasteiger partial charge in [0.25, 0.3) is 0 Å². The van der Waals surface area contributed by atoms with Crippen LogP contribution in [0, 0.1) is 6.92 Å². The molecule has 0 bridgehead atoms. The number of aromatic nitrogens is 1. The van der Waals surface area contributed by atoms with Crippen LogP contribution in [0.5, 0.6) is 5.75 Å². The van der Waals surface area contributed by atoms with Crippen LogP contribution in [-0.4, -0.2) is 48.3 Å². The molecular weight excluding hydrogens is 522 g/mol. The average molecular weight is 589 g/mol. The number of carbonyl (C=O) groups excluding carboxylic acids is 1. The molecule has 1 amide bonds. The van der Waals surface area contributed by atoms with Crippen LogP contribution in [-0.2, 0) is 22.7 Å². The minimum atomic E-state index is -0.568. The molecule has 1 unspecified atom stereocenters. The van der Waals surface area contributed by atoms with Gasteiger partial charge in [0.2, 0.25) is 11.7 Å². The Hall–Kier alpha value is -1.66. The van der Waals surface area contributed by atoms with Gasteiger partial charge in [0.15, 0.2) is 0 Å². The van der Waals surface area contributed by atoms with E-state index in [4.69, 9.17) is 9.47 Å². The van der Waals surface area contributed by atoms with E-state index in [1.54, 1.807) is 0 Å². The molecule has 42 heavy (non-hydrogen) atoms. The smallest absolute Gasteiger partial charge is 0.219 e. The number of pyridine rings is 1. The number of nitrogens with zero attached hydrogens (tertiary/aromatic N) is 2. The van der Waals surface area contributed by atoms with Crippen molar-refractivity contribution in [1.82, 2.24) is 10.3 Å². The van der Waals surface area contributed by atoms with Gasteiger partial charge in [-0.25, -0.2) is 0 Å². The first-order valence-corrected chi connectivity index (χ1v) is 17.6. The van der Waals surface area contributed by atoms with E-state index in [0.717, 1.165) is 66.8 Å². The first-order chi connectivity index (χ1) is 20.2. The van der Waals surface area contributed by atoms with E-state index in [-0.39, 0.29) is 5.91 Å². The molecule has 0 saturated heterocycles. The van der Waals surface area contributed by atoms with Crippen molar-refractivity contribution in [2.75, 3.05) is 27.2 Å². The Morgan fingerprint density at radius 1 is 0.881 bits per heavy atom. The van der Waals surface area contributed by atoms with Gasteiger partial charge in [-0.2, -0.15) is 0 Å². The average Bonchev–Trinajstić information content (AvgIpc) is 2.95. The second kappa shape index (κ2) is 20.3. The second-order valence-corrected chi connectivity index (χ2v) is 13.7. The van der Waals surface area contributed by atoms with E-state index >= 15 is 0 Å². The fourth-order valence-corrected chi connectivity index (χ4v) is 6.17. The highest BCUT2D eigenvalue weighted by Crippen LogP contribution is 2.37. The Labute approximate surface area is 259 Å². The summed E-state index contributed by atoms with van der Waals surface area (Å²) in [4.78, 5) is 17.0. The molecule has 6 heteroatoms. The summed E-state index contributed by atoms with van der Waals surface area (Å²) in [6.07, 6.45) is 25.7. The van der Waals surface area contributed by atoms with E-state index in [2.05, 4.69) is 38.2 Å². The lowest BCUT2D eigenvalue weighted by Gasteiger charge is -2.38. The molecule has 1 aromatic rings. The summed E-state index contributed by atoms with van der Waals surface area (Å²) in [7, 11) is 4.49. The van der Waals surface area contributed by atoms with Gasteiger partial charge in [-0.05, 0) is 19.8 Å². The third-order valence-electron chi connectivity index (χ3n) is 8.82. The van der Waals surface area contributed by atoms with Crippen molar-refractivity contribution in [3.8, 4) is 5.75 Å². The highest BCUT2D eigenvalue weighted by molar-refractivity contribution is 5.75. The van der Waals surface area contributed by atoms with Crippen LogP contribution in [0.2, 0.25) is 0 Å². The Morgan fingerprint density at radius 2 is 1.45 bits per heavy atom. The maximum absolute atomic E-state index is 12.3. The number of nitrogens with one attached hydrogen (secondary N) is 1. The number of carbonyl (C=O) groups is 1. The molecule has 1 aliphatic heterocycles. The molecule has 0 saturated carbocycles. The summed E-state index contributed by atoms with van der Waals surface area (Å²) in [5.41, 5.74) is 3.26. The largest absolute Gasteiger partial charge is 0.460 e. The Balaban J connectivity index is 1.52. The van der Waals surface area contributed by atoms with E-state index in [1.165, 1.54) is 95.5 Å². The number of ether oxygens (including phenoxy) is 2. The number of fused-ring (bicyclic) bond motifs is 1. The van der Waals surface area contributed by atoms with Gasteiger partial charge in [0.05, 0.1) is 32.9 Å². The maximum atomic E-state index is 12.3. The Bertz CT molecular complexity index is 888. The van der Waals surface area contributed by atoms with Crippen LogP contribution >= 0.6 is 0 Å². The summed E-state index contributed by atoms with van der Waals surface area (Å²) >= 11 is 0. The molecule has 6 nitrogen and oxygen atoms in total. The molecule has 0 radical (unpaired) electrons. The highest BCUT2D eigenvalue weighted by Gasteiger charge is 2.35. The van der Waals surface area contributed by atoms with Gasteiger partial charge in [-0.1, -0.05) is 104 Å². The zero-order chi connectivity index (χ0) is 30.7. The number of amides is 1. The van der Waals surface area contributed by atoms with Gasteiger partial charge in [0, 0.05) is 50.1 Å². The van der Waals surface area contributed by atoms with Crippen molar-refractivity contribution < 1.29 is 18.8 Å². The zero-order valence-corrected chi connectivity index (χ0v) is 28.5. The summed E-state index contributed by atoms with van der Waals surface area (Å²) in [6.45, 7) is 11.6. The summed E-state index contributed by atoms with van der Waals surface area (Å²) in [5, 5.41) is 3.15. The number of aryl methyl sites for hydroxylation is 1. The number of hydrogen-bond acceptors (Lipinski definition) is 4. The van der Waals surface area contributed by atoms with Crippen LogP contribution in [0.4, 0.5) is 0 Å².